The van der Waals surface area contributed by atoms with Crippen molar-refractivity contribution < 1.29 is 9.53 Å². The molecule has 4 nitrogen and oxygen atoms in total. The van der Waals surface area contributed by atoms with Gasteiger partial charge in [-0.05, 0) is 43.4 Å². The van der Waals surface area contributed by atoms with Crippen LogP contribution in [0.2, 0.25) is 0 Å². The van der Waals surface area contributed by atoms with E-state index in [4.69, 9.17) is 10.5 Å². The first-order chi connectivity index (χ1) is 9.07. The lowest BCUT2D eigenvalue weighted by atomic mass is 9.95. The molecule has 5 heteroatoms. The fourth-order valence-corrected chi connectivity index (χ4v) is 2.33. The Bertz CT molecular complexity index is 446. The Balaban J connectivity index is 0.00000200. The highest BCUT2D eigenvalue weighted by atomic mass is 35.5. The van der Waals surface area contributed by atoms with Crippen LogP contribution in [0.4, 0.5) is 0 Å². The van der Waals surface area contributed by atoms with Gasteiger partial charge in [0.25, 0.3) is 0 Å². The molecule has 2 rings (SSSR count). The first-order valence-corrected chi connectivity index (χ1v) is 6.71. The topological polar surface area (TPSA) is 64.3 Å². The number of nitrogens with two attached hydrogens (primary N) is 1. The van der Waals surface area contributed by atoms with Crippen LogP contribution < -0.4 is 15.8 Å². The standard InChI is InChI=1S/C15H22N2O2.ClH/c1-15(10-16,12-5-6-12)17-14(18)9-11-3-7-13(19-2)8-4-11;/h3-4,7-8,12H,5-6,9-10,16H2,1-2H3,(H,17,18);1H. The molecule has 1 aromatic carbocycles. The number of hydrogen-bond donors (Lipinski definition) is 2. The number of benzene rings is 1. The van der Waals surface area contributed by atoms with Crippen molar-refractivity contribution >= 4 is 18.3 Å². The molecule has 1 unspecified atom stereocenters. The van der Waals surface area contributed by atoms with Crippen LogP contribution in [0.5, 0.6) is 5.75 Å². The molecule has 1 aliphatic rings. The lowest BCUT2D eigenvalue weighted by Gasteiger charge is -2.29. The zero-order valence-corrected chi connectivity index (χ0v) is 12.8. The van der Waals surface area contributed by atoms with E-state index in [0.717, 1.165) is 24.2 Å². The molecule has 112 valence electrons. The number of methoxy groups -OCH3 is 1. The van der Waals surface area contributed by atoms with Crippen LogP contribution in [0.15, 0.2) is 24.3 Å². The van der Waals surface area contributed by atoms with Gasteiger partial charge < -0.3 is 15.8 Å². The second-order valence-electron chi connectivity index (χ2n) is 5.47. The van der Waals surface area contributed by atoms with Crippen molar-refractivity contribution in [3.05, 3.63) is 29.8 Å². The number of nitrogens with one attached hydrogen (secondary N) is 1. The number of rotatable bonds is 6. The van der Waals surface area contributed by atoms with Crippen LogP contribution in [0.3, 0.4) is 0 Å². The molecule has 1 saturated carbocycles. The molecule has 0 aromatic heterocycles. The minimum atomic E-state index is -0.246. The maximum atomic E-state index is 12.1. The summed E-state index contributed by atoms with van der Waals surface area (Å²) in [5, 5.41) is 3.09. The summed E-state index contributed by atoms with van der Waals surface area (Å²) >= 11 is 0. The molecule has 0 bridgehead atoms. The van der Waals surface area contributed by atoms with E-state index in [0.29, 0.717) is 18.9 Å². The Morgan fingerprint density at radius 2 is 2.00 bits per heavy atom. The molecule has 0 saturated heterocycles. The fraction of sp³-hybridized carbons (Fsp3) is 0.533. The smallest absolute Gasteiger partial charge is 0.224 e. The summed E-state index contributed by atoms with van der Waals surface area (Å²) in [6.45, 7) is 2.53. The second kappa shape index (κ2) is 6.95. The number of hydrogen-bond acceptors (Lipinski definition) is 3. The highest BCUT2D eigenvalue weighted by molar-refractivity contribution is 5.85. The number of amides is 1. The van der Waals surface area contributed by atoms with Gasteiger partial charge in [-0.1, -0.05) is 12.1 Å². The highest BCUT2D eigenvalue weighted by Crippen LogP contribution is 2.38. The molecular weight excluding hydrogens is 276 g/mol. The lowest BCUT2D eigenvalue weighted by Crippen LogP contribution is -2.53. The summed E-state index contributed by atoms with van der Waals surface area (Å²) in [7, 11) is 1.63. The van der Waals surface area contributed by atoms with Gasteiger partial charge in [0.05, 0.1) is 19.1 Å². The summed E-state index contributed by atoms with van der Waals surface area (Å²) in [6.07, 6.45) is 2.71. The van der Waals surface area contributed by atoms with Crippen molar-refractivity contribution in [2.45, 2.75) is 31.7 Å². The Labute approximate surface area is 126 Å². The molecule has 3 N–H and O–H groups in total. The Kier molecular flexibility index (Phi) is 5.84. The van der Waals surface area contributed by atoms with E-state index in [1.807, 2.05) is 31.2 Å². The van der Waals surface area contributed by atoms with Crippen LogP contribution in [-0.4, -0.2) is 25.1 Å². The normalized spacial score (nSPS) is 16.8. The molecule has 1 aliphatic carbocycles. The van der Waals surface area contributed by atoms with Crippen molar-refractivity contribution in [2.24, 2.45) is 11.7 Å². The first-order valence-electron chi connectivity index (χ1n) is 6.71. The molecule has 1 fully saturated rings. The van der Waals surface area contributed by atoms with Crippen molar-refractivity contribution in [2.75, 3.05) is 13.7 Å². The van der Waals surface area contributed by atoms with Gasteiger partial charge in [-0.3, -0.25) is 4.79 Å². The summed E-state index contributed by atoms with van der Waals surface area (Å²) in [4.78, 5) is 12.1. The maximum absolute atomic E-state index is 12.1. The van der Waals surface area contributed by atoms with Gasteiger partial charge in [0.15, 0.2) is 0 Å². The molecule has 0 heterocycles. The van der Waals surface area contributed by atoms with Crippen molar-refractivity contribution in [3.8, 4) is 5.75 Å². The van der Waals surface area contributed by atoms with Crippen LogP contribution >= 0.6 is 12.4 Å². The number of halogens is 1. The maximum Gasteiger partial charge on any atom is 0.224 e. The second-order valence-corrected chi connectivity index (χ2v) is 5.47. The Morgan fingerprint density at radius 3 is 2.45 bits per heavy atom. The summed E-state index contributed by atoms with van der Waals surface area (Å²) in [6, 6.07) is 7.56. The van der Waals surface area contributed by atoms with Gasteiger partial charge in [0.1, 0.15) is 5.75 Å². The third kappa shape index (κ3) is 4.12. The third-order valence-corrected chi connectivity index (χ3v) is 3.85. The van der Waals surface area contributed by atoms with Crippen LogP contribution in [0, 0.1) is 5.92 Å². The van der Waals surface area contributed by atoms with Gasteiger partial charge in [-0.25, -0.2) is 0 Å². The van der Waals surface area contributed by atoms with Gasteiger partial charge >= 0.3 is 0 Å². The average Bonchev–Trinajstić information content (AvgIpc) is 3.24. The largest absolute Gasteiger partial charge is 0.497 e. The predicted molar refractivity (Wildman–Crippen MR) is 82.3 cm³/mol. The highest BCUT2D eigenvalue weighted by Gasteiger charge is 2.41. The van der Waals surface area contributed by atoms with Crippen LogP contribution in [-0.2, 0) is 11.2 Å². The zero-order valence-electron chi connectivity index (χ0n) is 12.0. The monoisotopic (exact) mass is 298 g/mol. The van der Waals surface area contributed by atoms with Crippen LogP contribution in [0.1, 0.15) is 25.3 Å². The van der Waals surface area contributed by atoms with Gasteiger partial charge in [0.2, 0.25) is 5.91 Å². The molecule has 20 heavy (non-hydrogen) atoms. The first kappa shape index (κ1) is 16.8. The van der Waals surface area contributed by atoms with Gasteiger partial charge in [0, 0.05) is 6.54 Å². The van der Waals surface area contributed by atoms with E-state index in [2.05, 4.69) is 5.32 Å². The third-order valence-electron chi connectivity index (χ3n) is 3.85. The summed E-state index contributed by atoms with van der Waals surface area (Å²) in [5.41, 5.74) is 6.53. The molecule has 0 aliphatic heterocycles. The van der Waals surface area contributed by atoms with Gasteiger partial charge in [-0.2, -0.15) is 0 Å². The average molecular weight is 299 g/mol. The molecule has 1 atom stereocenters. The van der Waals surface area contributed by atoms with E-state index in [1.165, 1.54) is 0 Å². The molecule has 1 amide bonds. The predicted octanol–water partition coefficient (Wildman–Crippen LogP) is 1.90. The molecular formula is C15H23ClN2O2. The molecule has 0 spiro atoms. The number of carbonyl (C=O) groups is 1. The fourth-order valence-electron chi connectivity index (χ4n) is 2.33. The number of carbonyl (C=O) groups excluding carboxylic acids is 1. The van der Waals surface area contributed by atoms with Crippen molar-refractivity contribution in [3.63, 3.8) is 0 Å². The van der Waals surface area contributed by atoms with E-state index in [9.17, 15) is 4.79 Å². The van der Waals surface area contributed by atoms with E-state index < -0.39 is 0 Å². The van der Waals surface area contributed by atoms with E-state index >= 15 is 0 Å². The minimum absolute atomic E-state index is 0. The van der Waals surface area contributed by atoms with Crippen LogP contribution in [0.25, 0.3) is 0 Å². The van der Waals surface area contributed by atoms with Gasteiger partial charge in [-0.15, -0.1) is 12.4 Å². The zero-order chi connectivity index (χ0) is 13.9. The lowest BCUT2D eigenvalue weighted by molar-refractivity contribution is -0.122. The Hall–Kier alpha value is -1.26. The summed E-state index contributed by atoms with van der Waals surface area (Å²) < 4.78 is 5.09. The molecule has 0 radical (unpaired) electrons. The summed E-state index contributed by atoms with van der Waals surface area (Å²) in [5.74, 6) is 1.37. The van der Waals surface area contributed by atoms with E-state index in [-0.39, 0.29) is 23.9 Å². The quantitative estimate of drug-likeness (QED) is 0.843. The van der Waals surface area contributed by atoms with Crippen molar-refractivity contribution in [1.29, 1.82) is 0 Å². The number of ether oxygens (including phenoxy) is 1. The minimum Gasteiger partial charge on any atom is -0.497 e. The van der Waals surface area contributed by atoms with Crippen molar-refractivity contribution in [1.82, 2.24) is 5.32 Å². The SMILES string of the molecule is COc1ccc(CC(=O)NC(C)(CN)C2CC2)cc1.Cl. The Morgan fingerprint density at radius 1 is 1.40 bits per heavy atom. The van der Waals surface area contributed by atoms with E-state index in [1.54, 1.807) is 7.11 Å². The molecule has 1 aromatic rings.